The highest BCUT2D eigenvalue weighted by Crippen LogP contribution is 2.48. The Morgan fingerprint density at radius 1 is 1.24 bits per heavy atom. The number of benzene rings is 2. The lowest BCUT2D eigenvalue weighted by atomic mass is 9.91. The Bertz CT molecular complexity index is 1990. The van der Waals surface area contributed by atoms with Crippen LogP contribution in [0.3, 0.4) is 0 Å². The Labute approximate surface area is 299 Å². The molecule has 0 N–H and O–H groups in total. The van der Waals surface area contributed by atoms with Gasteiger partial charge in [-0.2, -0.15) is 28.4 Å². The third-order valence-electron chi connectivity index (χ3n) is 9.11. The molecule has 1 aliphatic rings. The lowest BCUT2D eigenvalue weighted by Gasteiger charge is -2.32. The van der Waals surface area contributed by atoms with E-state index in [1.807, 2.05) is 6.07 Å². The maximum atomic E-state index is 16.7. The molecule has 2 aromatic carbocycles. The molecular weight excluding hydrogens is 686 g/mol. The molecule has 0 spiro atoms. The monoisotopic (exact) mass is 729 g/mol. The molecule has 0 aliphatic carbocycles. The molecule has 13 heteroatoms. The highest BCUT2D eigenvalue weighted by Gasteiger charge is 2.40. The molecule has 2 aromatic heterocycles. The molecular formula is C38H44F5N5O2S. The number of alkyl halides is 3. The summed E-state index contributed by atoms with van der Waals surface area (Å²) in [5, 5.41) is 9.68. The van der Waals surface area contributed by atoms with Crippen molar-refractivity contribution < 1.29 is 31.5 Å². The number of carbonyl (C=O) groups is 1. The molecule has 0 radical (unpaired) electrons. The number of aromatic nitrogens is 2. The number of likely N-dealkylation sites (tertiary alicyclic amines) is 1. The van der Waals surface area contributed by atoms with Crippen molar-refractivity contribution in [2.24, 2.45) is 5.41 Å². The molecule has 5 rings (SSSR count). The summed E-state index contributed by atoms with van der Waals surface area (Å²) in [4.78, 5) is 24.4. The molecule has 1 amide bonds. The van der Waals surface area contributed by atoms with Gasteiger partial charge in [0, 0.05) is 40.8 Å². The fourth-order valence-corrected chi connectivity index (χ4v) is 7.91. The van der Waals surface area contributed by atoms with Crippen molar-refractivity contribution in [3.63, 3.8) is 0 Å². The maximum absolute atomic E-state index is 16.7. The summed E-state index contributed by atoms with van der Waals surface area (Å²) in [5.74, 6) is -2.59. The normalized spacial score (nSPS) is 16.3. The van der Waals surface area contributed by atoms with Gasteiger partial charge >= 0.3 is 12.2 Å². The van der Waals surface area contributed by atoms with E-state index in [0.29, 0.717) is 23.3 Å². The number of thiophene rings is 1. The first-order chi connectivity index (χ1) is 23.8. The van der Waals surface area contributed by atoms with Gasteiger partial charge in [-0.25, -0.2) is 8.78 Å². The lowest BCUT2D eigenvalue weighted by Crippen LogP contribution is -2.43. The highest BCUT2D eigenvalue weighted by molar-refractivity contribution is 7.19. The van der Waals surface area contributed by atoms with Gasteiger partial charge in [0.1, 0.15) is 23.2 Å². The van der Waals surface area contributed by atoms with Gasteiger partial charge < -0.3 is 14.5 Å². The number of anilines is 1. The van der Waals surface area contributed by atoms with Crippen molar-refractivity contribution >= 4 is 44.1 Å². The number of ether oxygens (including phenoxy) is 1. The Morgan fingerprint density at radius 3 is 2.41 bits per heavy atom. The molecule has 0 bridgehead atoms. The van der Waals surface area contributed by atoms with E-state index in [-0.39, 0.29) is 62.3 Å². The van der Waals surface area contributed by atoms with Crippen molar-refractivity contribution in [3.8, 4) is 23.2 Å². The summed E-state index contributed by atoms with van der Waals surface area (Å²) in [7, 11) is 2.85. The quantitative estimate of drug-likeness (QED) is 0.139. The number of fused-ring (bicyclic) bond motifs is 2. The first kappa shape index (κ1) is 39.5. The van der Waals surface area contributed by atoms with Crippen LogP contribution in [-0.2, 0) is 11.0 Å². The Balaban J connectivity index is 0.000000755. The van der Waals surface area contributed by atoms with Crippen LogP contribution in [0.25, 0.3) is 32.1 Å². The van der Waals surface area contributed by atoms with Gasteiger partial charge in [0.05, 0.1) is 29.0 Å². The maximum Gasteiger partial charge on any atom is 0.417 e. The third kappa shape index (κ3) is 7.81. The number of nitriles is 1. The van der Waals surface area contributed by atoms with Crippen LogP contribution in [0.2, 0.25) is 0 Å². The van der Waals surface area contributed by atoms with Gasteiger partial charge in [-0.3, -0.25) is 4.79 Å². The zero-order valence-electron chi connectivity index (χ0n) is 30.4. The van der Waals surface area contributed by atoms with Gasteiger partial charge in [-0.05, 0) is 54.9 Å². The minimum atomic E-state index is -5.06. The summed E-state index contributed by atoms with van der Waals surface area (Å²) < 4.78 is 81.3. The van der Waals surface area contributed by atoms with Crippen LogP contribution in [0, 0.1) is 28.4 Å². The molecule has 274 valence electrons. The molecule has 7 nitrogen and oxygen atoms in total. The summed E-state index contributed by atoms with van der Waals surface area (Å²) >= 11 is 0.958. The fraction of sp³-hybridized carbons (Fsp3) is 0.474. The smallest absolute Gasteiger partial charge is 0.417 e. The SMILES string of the molecule is C=CC(=O)N1CCC(N(C)c2nc(OC)nc3c(F)c(-c4ccc(F)c5sc(C(C)C)c(C#N)c45)c(C(F)(F)F)cc23)C1C.CCCC(C)(C)C. The predicted octanol–water partition coefficient (Wildman–Crippen LogP) is 10.3. The number of hydrogen-bond acceptors (Lipinski definition) is 7. The lowest BCUT2D eigenvalue weighted by molar-refractivity contribution is -0.137. The molecule has 3 heterocycles. The minimum Gasteiger partial charge on any atom is -0.467 e. The van der Waals surface area contributed by atoms with Crippen LogP contribution in [0.1, 0.15) is 89.7 Å². The van der Waals surface area contributed by atoms with Gasteiger partial charge in [-0.1, -0.05) is 60.6 Å². The first-order valence-electron chi connectivity index (χ1n) is 16.8. The number of nitrogens with zero attached hydrogens (tertiary/aromatic N) is 5. The van der Waals surface area contributed by atoms with E-state index in [2.05, 4.69) is 44.2 Å². The molecule has 2 atom stereocenters. The van der Waals surface area contributed by atoms with Crippen molar-refractivity contribution in [1.82, 2.24) is 14.9 Å². The Kier molecular flexibility index (Phi) is 11.7. The van der Waals surface area contributed by atoms with Crippen molar-refractivity contribution in [2.75, 3.05) is 25.6 Å². The molecule has 4 aromatic rings. The standard InChI is InChI=1S/C31H28F5N5O2S.C7H16/c1-7-22(42)41-11-10-21(15(41)4)40(5)29-17-12-19(31(34,35)36)24(25(33)26(17)38-30(39-29)43-6)16-8-9-20(32)28-23(16)18(13-37)27(44-28)14(2)3;1-5-6-7(2,3)4/h7-9,12,14-15,21H,1,10-11H2,2-6H3;5-6H2,1-4H3. The van der Waals surface area contributed by atoms with E-state index in [4.69, 9.17) is 4.74 Å². The van der Waals surface area contributed by atoms with E-state index in [1.165, 1.54) is 26.0 Å². The average molecular weight is 730 g/mol. The first-order valence-corrected chi connectivity index (χ1v) is 17.6. The van der Waals surface area contributed by atoms with Crippen molar-refractivity contribution in [1.29, 1.82) is 5.26 Å². The highest BCUT2D eigenvalue weighted by atomic mass is 32.1. The van der Waals surface area contributed by atoms with Crippen LogP contribution in [-0.4, -0.2) is 53.6 Å². The van der Waals surface area contributed by atoms with Crippen molar-refractivity contribution in [3.05, 3.63) is 58.5 Å². The number of likely N-dealkylation sites (N-methyl/N-ethyl adjacent to an activating group) is 1. The molecule has 2 unspecified atom stereocenters. The number of amides is 1. The van der Waals surface area contributed by atoms with Crippen LogP contribution in [0.4, 0.5) is 27.8 Å². The van der Waals surface area contributed by atoms with Crippen LogP contribution >= 0.6 is 11.3 Å². The summed E-state index contributed by atoms with van der Waals surface area (Å²) in [5.41, 5.74) is -2.36. The third-order valence-corrected chi connectivity index (χ3v) is 10.6. The predicted molar refractivity (Wildman–Crippen MR) is 193 cm³/mol. The van der Waals surface area contributed by atoms with E-state index in [0.717, 1.165) is 29.5 Å². The Hall–Kier alpha value is -4.31. The van der Waals surface area contributed by atoms with Crippen LogP contribution in [0.15, 0.2) is 30.9 Å². The summed E-state index contributed by atoms with van der Waals surface area (Å²) in [6.45, 7) is 18.3. The van der Waals surface area contributed by atoms with E-state index >= 15 is 4.39 Å². The summed E-state index contributed by atoms with van der Waals surface area (Å²) in [6, 6.07) is 3.79. The second-order valence-corrected chi connectivity index (χ2v) is 15.3. The topological polar surface area (TPSA) is 82.3 Å². The molecule has 1 saturated heterocycles. The second kappa shape index (κ2) is 15.1. The number of methoxy groups -OCH3 is 1. The van der Waals surface area contributed by atoms with E-state index in [1.54, 1.807) is 37.6 Å². The molecule has 0 saturated carbocycles. The zero-order chi connectivity index (χ0) is 38.2. The van der Waals surface area contributed by atoms with Gasteiger partial charge in [0.25, 0.3) is 0 Å². The van der Waals surface area contributed by atoms with Crippen LogP contribution in [0.5, 0.6) is 6.01 Å². The van der Waals surface area contributed by atoms with Crippen molar-refractivity contribution in [2.45, 2.75) is 91.9 Å². The zero-order valence-corrected chi connectivity index (χ0v) is 31.2. The van der Waals surface area contributed by atoms with E-state index < -0.39 is 34.5 Å². The number of carbonyl (C=O) groups excluding carboxylic acids is 1. The largest absolute Gasteiger partial charge is 0.467 e. The number of rotatable bonds is 7. The van der Waals surface area contributed by atoms with Gasteiger partial charge in [0.15, 0.2) is 5.82 Å². The average Bonchev–Trinajstić information content (AvgIpc) is 3.65. The summed E-state index contributed by atoms with van der Waals surface area (Å²) in [6.07, 6.45) is -0.746. The number of halogens is 5. The number of hydrogen-bond donors (Lipinski definition) is 0. The molecule has 1 fully saturated rings. The fourth-order valence-electron chi connectivity index (χ4n) is 6.73. The molecule has 1 aliphatic heterocycles. The van der Waals surface area contributed by atoms with E-state index in [9.17, 15) is 27.6 Å². The molecule has 51 heavy (non-hydrogen) atoms. The van der Waals surface area contributed by atoms with Crippen LogP contribution < -0.4 is 9.64 Å². The minimum absolute atomic E-state index is 0.00309. The van der Waals surface area contributed by atoms with Gasteiger partial charge in [0.2, 0.25) is 5.91 Å². The van der Waals surface area contributed by atoms with Gasteiger partial charge in [-0.15, -0.1) is 11.3 Å². The Morgan fingerprint density at radius 2 is 1.90 bits per heavy atom. The second-order valence-electron chi connectivity index (χ2n) is 14.2.